The number of carbonyl (C=O) groups excluding carboxylic acids is 1. The molecule has 0 bridgehead atoms. The number of ether oxygens (including phenoxy) is 1. The Hall–Kier alpha value is -3.60. The molecule has 0 aliphatic heterocycles. The highest BCUT2D eigenvalue weighted by Crippen LogP contribution is 2.22. The second-order valence-electron chi connectivity index (χ2n) is 8.09. The average Bonchev–Trinajstić information content (AvgIpc) is 3.05. The van der Waals surface area contributed by atoms with Crippen LogP contribution < -0.4 is 10.1 Å². The number of para-hydroxylation sites is 2. The number of fused-ring (bicyclic) bond motifs is 1. The fourth-order valence-corrected chi connectivity index (χ4v) is 3.81. The molecule has 4 rings (SSSR count). The van der Waals surface area contributed by atoms with Crippen LogP contribution in [0.2, 0.25) is 0 Å². The van der Waals surface area contributed by atoms with Crippen LogP contribution in [0.25, 0.3) is 11.0 Å². The number of amides is 1. The Morgan fingerprint density at radius 3 is 2.45 bits per heavy atom. The minimum absolute atomic E-state index is 0.0962. The smallest absolute Gasteiger partial charge is 0.244 e. The van der Waals surface area contributed by atoms with Crippen LogP contribution in [-0.2, 0) is 17.9 Å². The highest BCUT2D eigenvalue weighted by molar-refractivity contribution is 5.92. The Morgan fingerprint density at radius 1 is 0.935 bits per heavy atom. The van der Waals surface area contributed by atoms with Crippen molar-refractivity contribution in [3.63, 3.8) is 0 Å². The highest BCUT2D eigenvalue weighted by Gasteiger charge is 2.15. The van der Waals surface area contributed by atoms with Gasteiger partial charge in [0.1, 0.15) is 24.7 Å². The Labute approximate surface area is 182 Å². The number of hydrogen-bond acceptors (Lipinski definition) is 3. The third-order valence-electron chi connectivity index (χ3n) is 5.24. The zero-order chi connectivity index (χ0) is 22.0. The molecule has 0 radical (unpaired) electrons. The molecule has 5 nitrogen and oxygen atoms in total. The van der Waals surface area contributed by atoms with E-state index < -0.39 is 0 Å². The van der Waals surface area contributed by atoms with E-state index in [0.717, 1.165) is 50.5 Å². The van der Waals surface area contributed by atoms with Gasteiger partial charge in [0, 0.05) is 5.69 Å². The number of rotatable bonds is 6. The number of hydrogen-bond donors (Lipinski definition) is 1. The third-order valence-corrected chi connectivity index (χ3v) is 5.24. The maximum atomic E-state index is 12.9. The molecule has 0 saturated heterocycles. The first kappa shape index (κ1) is 20.7. The SMILES string of the molecule is Cc1cc(C)cc(NC(=O)Cn2c(COc3cc(C)ccc3C)nc3ccccc32)c1. The van der Waals surface area contributed by atoms with E-state index >= 15 is 0 Å². The molecule has 158 valence electrons. The van der Waals surface area contributed by atoms with Crippen molar-refractivity contribution in [2.45, 2.75) is 40.8 Å². The van der Waals surface area contributed by atoms with Gasteiger partial charge in [0.2, 0.25) is 5.91 Å². The molecule has 5 heteroatoms. The highest BCUT2D eigenvalue weighted by atomic mass is 16.5. The maximum absolute atomic E-state index is 12.9. The Kier molecular flexibility index (Phi) is 5.76. The predicted molar refractivity (Wildman–Crippen MR) is 125 cm³/mol. The summed E-state index contributed by atoms with van der Waals surface area (Å²) in [6.45, 7) is 8.56. The fourth-order valence-electron chi connectivity index (χ4n) is 3.81. The minimum Gasteiger partial charge on any atom is -0.485 e. The average molecular weight is 414 g/mol. The van der Waals surface area contributed by atoms with E-state index in [4.69, 9.17) is 9.72 Å². The monoisotopic (exact) mass is 413 g/mol. The first-order chi connectivity index (χ1) is 14.9. The first-order valence-corrected chi connectivity index (χ1v) is 10.4. The van der Waals surface area contributed by atoms with Crippen LogP contribution in [0.1, 0.15) is 28.1 Å². The number of anilines is 1. The lowest BCUT2D eigenvalue weighted by molar-refractivity contribution is -0.116. The van der Waals surface area contributed by atoms with Gasteiger partial charge >= 0.3 is 0 Å². The number of aromatic nitrogens is 2. The predicted octanol–water partition coefficient (Wildman–Crippen LogP) is 5.49. The maximum Gasteiger partial charge on any atom is 0.244 e. The zero-order valence-corrected chi connectivity index (χ0v) is 18.4. The third kappa shape index (κ3) is 4.77. The summed E-state index contributed by atoms with van der Waals surface area (Å²) in [5.41, 5.74) is 7.01. The normalized spacial score (nSPS) is 11.0. The van der Waals surface area contributed by atoms with Gasteiger partial charge in [0.25, 0.3) is 0 Å². The number of nitrogens with zero attached hydrogens (tertiary/aromatic N) is 2. The van der Waals surface area contributed by atoms with Gasteiger partial charge in [-0.2, -0.15) is 0 Å². The van der Waals surface area contributed by atoms with Crippen LogP contribution in [0, 0.1) is 27.7 Å². The van der Waals surface area contributed by atoms with E-state index in [0.29, 0.717) is 0 Å². The summed E-state index contributed by atoms with van der Waals surface area (Å²) >= 11 is 0. The molecular weight excluding hydrogens is 386 g/mol. The van der Waals surface area contributed by atoms with E-state index in [1.807, 2.05) is 80.8 Å². The van der Waals surface area contributed by atoms with Crippen molar-refractivity contribution in [1.29, 1.82) is 0 Å². The molecule has 3 aromatic carbocycles. The number of imidazole rings is 1. The minimum atomic E-state index is -0.0962. The van der Waals surface area contributed by atoms with Gasteiger partial charge in [0.05, 0.1) is 11.0 Å². The van der Waals surface area contributed by atoms with Crippen LogP contribution in [0.5, 0.6) is 5.75 Å². The number of carbonyl (C=O) groups is 1. The zero-order valence-electron chi connectivity index (χ0n) is 18.4. The number of aryl methyl sites for hydroxylation is 4. The summed E-state index contributed by atoms with van der Waals surface area (Å²) in [6.07, 6.45) is 0. The first-order valence-electron chi connectivity index (χ1n) is 10.4. The van der Waals surface area contributed by atoms with E-state index in [1.165, 1.54) is 0 Å². The van der Waals surface area contributed by atoms with Gasteiger partial charge in [-0.15, -0.1) is 0 Å². The van der Waals surface area contributed by atoms with Crippen molar-refractivity contribution in [1.82, 2.24) is 9.55 Å². The van der Waals surface area contributed by atoms with Crippen LogP contribution in [0.3, 0.4) is 0 Å². The fraction of sp³-hybridized carbons (Fsp3) is 0.231. The van der Waals surface area contributed by atoms with Crippen molar-refractivity contribution in [3.05, 3.63) is 88.7 Å². The van der Waals surface area contributed by atoms with E-state index in [2.05, 4.69) is 17.4 Å². The van der Waals surface area contributed by atoms with Crippen LogP contribution in [0.15, 0.2) is 60.7 Å². The van der Waals surface area contributed by atoms with Crippen molar-refractivity contribution in [2.75, 3.05) is 5.32 Å². The topological polar surface area (TPSA) is 56.2 Å². The second kappa shape index (κ2) is 8.64. The van der Waals surface area contributed by atoms with Crippen LogP contribution in [-0.4, -0.2) is 15.5 Å². The van der Waals surface area contributed by atoms with Crippen molar-refractivity contribution >= 4 is 22.6 Å². The van der Waals surface area contributed by atoms with Gasteiger partial charge < -0.3 is 14.6 Å². The largest absolute Gasteiger partial charge is 0.485 e. The van der Waals surface area contributed by atoms with Crippen molar-refractivity contribution in [2.24, 2.45) is 0 Å². The molecule has 0 fully saturated rings. The lowest BCUT2D eigenvalue weighted by Gasteiger charge is -2.13. The molecule has 0 aliphatic carbocycles. The second-order valence-corrected chi connectivity index (χ2v) is 8.09. The lowest BCUT2D eigenvalue weighted by Crippen LogP contribution is -2.21. The molecular formula is C26H27N3O2. The molecule has 0 atom stereocenters. The summed E-state index contributed by atoms with van der Waals surface area (Å²) in [5, 5.41) is 3.02. The molecule has 0 saturated carbocycles. The molecule has 1 amide bonds. The molecule has 31 heavy (non-hydrogen) atoms. The quantitative estimate of drug-likeness (QED) is 0.455. The van der Waals surface area contributed by atoms with Gasteiger partial charge in [-0.05, 0) is 80.3 Å². The molecule has 0 spiro atoms. The molecule has 4 aromatic rings. The van der Waals surface area contributed by atoms with Crippen LogP contribution >= 0.6 is 0 Å². The summed E-state index contributed by atoms with van der Waals surface area (Å²) in [7, 11) is 0. The van der Waals surface area contributed by atoms with Gasteiger partial charge in [-0.3, -0.25) is 4.79 Å². The Bertz CT molecular complexity index is 1240. The summed E-state index contributed by atoms with van der Waals surface area (Å²) in [5.74, 6) is 1.46. The standard InChI is InChI=1S/C26H27N3O2/c1-17-9-10-20(4)24(14-17)31-16-25-28-22-7-5-6-8-23(22)29(25)15-26(30)27-21-12-18(2)11-19(3)13-21/h5-14H,15-16H2,1-4H3,(H,27,30). The Balaban J connectivity index is 1.58. The van der Waals surface area contributed by atoms with Crippen molar-refractivity contribution in [3.8, 4) is 5.75 Å². The lowest BCUT2D eigenvalue weighted by atomic mass is 10.1. The van der Waals surface area contributed by atoms with Crippen LogP contribution in [0.4, 0.5) is 5.69 Å². The molecule has 1 N–H and O–H groups in total. The number of benzene rings is 3. The molecule has 1 heterocycles. The van der Waals surface area contributed by atoms with Gasteiger partial charge in [-0.1, -0.05) is 30.3 Å². The molecule has 0 unspecified atom stereocenters. The summed E-state index contributed by atoms with van der Waals surface area (Å²) in [6, 6.07) is 20.0. The number of nitrogens with one attached hydrogen (secondary N) is 1. The van der Waals surface area contributed by atoms with E-state index in [9.17, 15) is 4.79 Å². The summed E-state index contributed by atoms with van der Waals surface area (Å²) < 4.78 is 8.02. The van der Waals surface area contributed by atoms with E-state index in [1.54, 1.807) is 0 Å². The summed E-state index contributed by atoms with van der Waals surface area (Å²) in [4.78, 5) is 17.6. The van der Waals surface area contributed by atoms with E-state index in [-0.39, 0.29) is 19.1 Å². The Morgan fingerprint density at radius 2 is 1.68 bits per heavy atom. The molecule has 1 aromatic heterocycles. The van der Waals surface area contributed by atoms with Crippen molar-refractivity contribution < 1.29 is 9.53 Å². The van der Waals surface area contributed by atoms with Gasteiger partial charge in [0.15, 0.2) is 0 Å². The van der Waals surface area contributed by atoms with Gasteiger partial charge in [-0.25, -0.2) is 4.98 Å². The molecule has 0 aliphatic rings.